The van der Waals surface area contributed by atoms with Gasteiger partial charge in [-0.1, -0.05) is 0 Å². The maximum Gasteiger partial charge on any atom is 0.337 e. The summed E-state index contributed by atoms with van der Waals surface area (Å²) in [6, 6.07) is 6.89. The lowest BCUT2D eigenvalue weighted by Crippen LogP contribution is -2.04. The van der Waals surface area contributed by atoms with Crippen LogP contribution in [0.5, 0.6) is 0 Å². The van der Waals surface area contributed by atoms with Gasteiger partial charge in [-0.15, -0.1) is 0 Å². The molecule has 1 aromatic heterocycles. The minimum absolute atomic E-state index is 0.398. The minimum Gasteiger partial charge on any atom is -0.465 e. The molecule has 19 heavy (non-hydrogen) atoms. The molecule has 0 bridgehead atoms. The summed E-state index contributed by atoms with van der Waals surface area (Å²) >= 11 is 0. The van der Waals surface area contributed by atoms with Crippen LogP contribution in [0.3, 0.4) is 0 Å². The number of hydrogen-bond acceptors (Lipinski definition) is 5. The number of carbonyl (C=O) groups is 1. The predicted octanol–water partition coefficient (Wildman–Crippen LogP) is 2.50. The summed E-state index contributed by atoms with van der Waals surface area (Å²) in [6.45, 7) is 1.95. The highest BCUT2D eigenvalue weighted by Gasteiger charge is 2.08. The van der Waals surface area contributed by atoms with E-state index in [2.05, 4.69) is 15.0 Å². The second-order valence-electron chi connectivity index (χ2n) is 4.17. The highest BCUT2D eigenvalue weighted by atomic mass is 16.5. The zero-order valence-corrected chi connectivity index (χ0v) is 10.8. The Kier molecular flexibility index (Phi) is 3.66. The summed E-state index contributed by atoms with van der Waals surface area (Å²) in [5, 5.41) is 3.14. The van der Waals surface area contributed by atoms with Crippen LogP contribution in [0.15, 0.2) is 36.7 Å². The molecule has 0 atom stereocenters. The first-order valence-electron chi connectivity index (χ1n) is 5.76. The number of benzene rings is 1. The number of hydrogen-bond donors (Lipinski definition) is 2. The molecule has 0 saturated heterocycles. The monoisotopic (exact) mass is 257 g/mol. The van der Waals surface area contributed by atoms with E-state index in [4.69, 9.17) is 5.73 Å². The number of methoxy groups -OCH3 is 1. The third-order valence-corrected chi connectivity index (χ3v) is 2.63. The van der Waals surface area contributed by atoms with Gasteiger partial charge in [0.15, 0.2) is 0 Å². The van der Waals surface area contributed by atoms with Crippen molar-refractivity contribution in [3.05, 3.63) is 47.8 Å². The largest absolute Gasteiger partial charge is 0.465 e. The Morgan fingerprint density at radius 2 is 2.11 bits per heavy atom. The van der Waals surface area contributed by atoms with Crippen LogP contribution >= 0.6 is 0 Å². The summed E-state index contributed by atoms with van der Waals surface area (Å²) in [5.41, 5.74) is 9.37. The summed E-state index contributed by atoms with van der Waals surface area (Å²) in [5.74, 6) is -0.398. The molecular formula is C14H15N3O2. The van der Waals surface area contributed by atoms with E-state index in [0.717, 1.165) is 11.3 Å². The van der Waals surface area contributed by atoms with Crippen molar-refractivity contribution < 1.29 is 9.53 Å². The average molecular weight is 257 g/mol. The van der Waals surface area contributed by atoms with E-state index in [9.17, 15) is 4.79 Å². The number of nitrogens with zero attached hydrogens (tertiary/aromatic N) is 1. The van der Waals surface area contributed by atoms with Crippen LogP contribution in [0, 0.1) is 6.92 Å². The number of anilines is 3. The number of nitrogens with one attached hydrogen (secondary N) is 1. The number of esters is 1. The summed E-state index contributed by atoms with van der Waals surface area (Å²) in [7, 11) is 1.34. The van der Waals surface area contributed by atoms with E-state index in [-0.39, 0.29) is 0 Å². The van der Waals surface area contributed by atoms with Gasteiger partial charge in [0.05, 0.1) is 35.9 Å². The van der Waals surface area contributed by atoms with E-state index in [1.807, 2.05) is 13.0 Å². The fourth-order valence-corrected chi connectivity index (χ4v) is 1.69. The van der Waals surface area contributed by atoms with Crippen LogP contribution in [0.2, 0.25) is 0 Å². The molecule has 1 aromatic carbocycles. The molecule has 0 radical (unpaired) electrons. The fraction of sp³-hybridized carbons (Fsp3) is 0.143. The summed E-state index contributed by atoms with van der Waals surface area (Å²) in [6.07, 6.45) is 3.46. The smallest absolute Gasteiger partial charge is 0.337 e. The highest BCUT2D eigenvalue weighted by molar-refractivity contribution is 5.92. The van der Waals surface area contributed by atoms with Gasteiger partial charge in [-0.25, -0.2) is 4.79 Å². The molecule has 0 aliphatic heterocycles. The number of aryl methyl sites for hydroxylation is 1. The van der Waals surface area contributed by atoms with E-state index in [1.54, 1.807) is 30.6 Å². The van der Waals surface area contributed by atoms with Gasteiger partial charge < -0.3 is 15.8 Å². The van der Waals surface area contributed by atoms with Crippen molar-refractivity contribution in [3.63, 3.8) is 0 Å². The number of nitrogen functional groups attached to an aromatic ring is 1. The van der Waals surface area contributed by atoms with Crippen molar-refractivity contribution >= 4 is 23.0 Å². The lowest BCUT2D eigenvalue weighted by atomic mass is 10.1. The molecule has 5 heteroatoms. The van der Waals surface area contributed by atoms with Gasteiger partial charge >= 0.3 is 5.97 Å². The minimum atomic E-state index is -0.398. The van der Waals surface area contributed by atoms with E-state index >= 15 is 0 Å². The number of ether oxygens (including phenoxy) is 1. The van der Waals surface area contributed by atoms with Gasteiger partial charge in [-0.2, -0.15) is 0 Å². The van der Waals surface area contributed by atoms with Crippen LogP contribution in [-0.2, 0) is 4.74 Å². The second kappa shape index (κ2) is 5.39. The Morgan fingerprint density at radius 3 is 2.79 bits per heavy atom. The third kappa shape index (κ3) is 3.01. The maximum absolute atomic E-state index is 11.5. The predicted molar refractivity (Wildman–Crippen MR) is 74.5 cm³/mol. The quantitative estimate of drug-likeness (QED) is 0.652. The molecular weight excluding hydrogens is 242 g/mol. The van der Waals surface area contributed by atoms with Crippen LogP contribution in [0.25, 0.3) is 0 Å². The molecule has 0 saturated carbocycles. The molecule has 1 heterocycles. The topological polar surface area (TPSA) is 77.2 Å². The number of rotatable bonds is 3. The van der Waals surface area contributed by atoms with Gasteiger partial charge in [-0.05, 0) is 36.8 Å². The molecule has 0 spiro atoms. The lowest BCUT2D eigenvalue weighted by Gasteiger charge is -2.11. The van der Waals surface area contributed by atoms with Gasteiger partial charge in [0.1, 0.15) is 0 Å². The molecule has 5 nitrogen and oxygen atoms in total. The van der Waals surface area contributed by atoms with Crippen molar-refractivity contribution in [2.45, 2.75) is 6.92 Å². The van der Waals surface area contributed by atoms with Gasteiger partial charge in [0, 0.05) is 6.20 Å². The van der Waals surface area contributed by atoms with Crippen LogP contribution in [0.4, 0.5) is 17.1 Å². The zero-order chi connectivity index (χ0) is 13.8. The van der Waals surface area contributed by atoms with E-state index in [1.165, 1.54) is 7.11 Å². The SMILES string of the molecule is COC(=O)c1ccc(N)c(Nc2cncc(C)c2)c1. The first-order valence-corrected chi connectivity index (χ1v) is 5.76. The van der Waals surface area contributed by atoms with Crippen LogP contribution in [0.1, 0.15) is 15.9 Å². The molecule has 98 valence electrons. The second-order valence-corrected chi connectivity index (χ2v) is 4.17. The summed E-state index contributed by atoms with van der Waals surface area (Å²) in [4.78, 5) is 15.6. The Balaban J connectivity index is 2.31. The number of nitrogens with two attached hydrogens (primary N) is 1. The zero-order valence-electron chi connectivity index (χ0n) is 10.8. The Morgan fingerprint density at radius 1 is 1.32 bits per heavy atom. The van der Waals surface area contributed by atoms with E-state index < -0.39 is 5.97 Å². The number of carbonyl (C=O) groups excluding carboxylic acids is 1. The molecule has 0 aliphatic rings. The Hall–Kier alpha value is -2.56. The molecule has 3 N–H and O–H groups in total. The maximum atomic E-state index is 11.5. The molecule has 2 aromatic rings. The van der Waals surface area contributed by atoms with Gasteiger partial charge in [0.25, 0.3) is 0 Å². The fourth-order valence-electron chi connectivity index (χ4n) is 1.69. The normalized spacial score (nSPS) is 10.0. The average Bonchev–Trinajstić information content (AvgIpc) is 2.40. The molecule has 0 aliphatic carbocycles. The molecule has 0 unspecified atom stereocenters. The first-order chi connectivity index (χ1) is 9.10. The van der Waals surface area contributed by atoms with Crippen LogP contribution in [-0.4, -0.2) is 18.1 Å². The van der Waals surface area contributed by atoms with Crippen molar-refractivity contribution in [2.75, 3.05) is 18.2 Å². The standard InChI is InChI=1S/C14H15N3O2/c1-9-5-11(8-16-7-9)17-13-6-10(14(18)19-2)3-4-12(13)15/h3-8,17H,15H2,1-2H3. The van der Waals surface area contributed by atoms with Crippen molar-refractivity contribution in [2.24, 2.45) is 0 Å². The van der Waals surface area contributed by atoms with Crippen molar-refractivity contribution in [3.8, 4) is 0 Å². The van der Waals surface area contributed by atoms with Crippen molar-refractivity contribution in [1.29, 1.82) is 0 Å². The molecule has 2 rings (SSSR count). The summed E-state index contributed by atoms with van der Waals surface area (Å²) < 4.78 is 4.68. The van der Waals surface area contributed by atoms with Gasteiger partial charge in [0.2, 0.25) is 0 Å². The van der Waals surface area contributed by atoms with Crippen molar-refractivity contribution in [1.82, 2.24) is 4.98 Å². The third-order valence-electron chi connectivity index (χ3n) is 2.63. The number of pyridine rings is 1. The Bertz CT molecular complexity index is 611. The Labute approximate surface area is 111 Å². The number of aromatic nitrogens is 1. The highest BCUT2D eigenvalue weighted by Crippen LogP contribution is 2.24. The van der Waals surface area contributed by atoms with E-state index in [0.29, 0.717) is 16.9 Å². The van der Waals surface area contributed by atoms with Crippen LogP contribution < -0.4 is 11.1 Å². The lowest BCUT2D eigenvalue weighted by molar-refractivity contribution is 0.0601. The first kappa shape index (κ1) is 12.9. The van der Waals surface area contributed by atoms with Gasteiger partial charge in [-0.3, -0.25) is 4.98 Å². The molecule has 0 amide bonds. The molecule has 0 fully saturated rings.